The molecule has 10 rings (SSSR count). The highest BCUT2D eigenvalue weighted by Crippen LogP contribution is 2.42. The van der Waals surface area contributed by atoms with Crippen LogP contribution in [-0.2, 0) is 0 Å². The molecule has 0 atom stereocenters. The van der Waals surface area contributed by atoms with Gasteiger partial charge in [-0.1, -0.05) is 152 Å². The first-order valence-corrected chi connectivity index (χ1v) is 16.9. The Balaban J connectivity index is 1.33. The molecule has 0 aliphatic carbocycles. The summed E-state index contributed by atoms with van der Waals surface area (Å²) in [7, 11) is 0. The van der Waals surface area contributed by atoms with Crippen LogP contribution in [0.1, 0.15) is 0 Å². The zero-order valence-corrected chi connectivity index (χ0v) is 27.1. The van der Waals surface area contributed by atoms with Crippen LogP contribution in [0.25, 0.3) is 99.2 Å². The summed E-state index contributed by atoms with van der Waals surface area (Å²) in [6, 6.07) is 62.3. The van der Waals surface area contributed by atoms with Crippen molar-refractivity contribution in [1.29, 1.82) is 0 Å². The van der Waals surface area contributed by atoms with Crippen LogP contribution >= 0.6 is 0 Å². The molecular formula is C47H29N3. The number of fused-ring (bicyclic) bond motifs is 8. The SMILES string of the molecule is c1ccc(-c2cc(-c3nc(-c4ccc5ccccc5c4)nc(-c4ccc5ccccc5c4)n3)c3c4ccccc4c4ccccc4c3c2)cc1. The second kappa shape index (κ2) is 11.5. The quantitative estimate of drug-likeness (QED) is 0.181. The van der Waals surface area contributed by atoms with E-state index in [9.17, 15) is 0 Å². The monoisotopic (exact) mass is 635 g/mol. The van der Waals surface area contributed by atoms with Gasteiger partial charge in [0.15, 0.2) is 17.5 Å². The Labute approximate surface area is 289 Å². The molecule has 0 saturated carbocycles. The van der Waals surface area contributed by atoms with Gasteiger partial charge in [-0.05, 0) is 83.9 Å². The van der Waals surface area contributed by atoms with Gasteiger partial charge < -0.3 is 0 Å². The van der Waals surface area contributed by atoms with Crippen molar-refractivity contribution in [3.63, 3.8) is 0 Å². The number of nitrogens with zero attached hydrogens (tertiary/aromatic N) is 3. The molecule has 0 aliphatic heterocycles. The fourth-order valence-electron chi connectivity index (χ4n) is 7.42. The van der Waals surface area contributed by atoms with E-state index < -0.39 is 0 Å². The number of rotatable bonds is 4. The van der Waals surface area contributed by atoms with E-state index in [0.29, 0.717) is 17.5 Å². The Morgan fingerprint density at radius 2 is 0.720 bits per heavy atom. The lowest BCUT2D eigenvalue weighted by molar-refractivity contribution is 1.08. The number of benzene rings is 9. The zero-order valence-electron chi connectivity index (χ0n) is 27.1. The molecular weight excluding hydrogens is 607 g/mol. The van der Waals surface area contributed by atoms with Crippen LogP contribution in [0.4, 0.5) is 0 Å². The molecule has 50 heavy (non-hydrogen) atoms. The number of aromatic nitrogens is 3. The van der Waals surface area contributed by atoms with Crippen LogP contribution in [0.15, 0.2) is 176 Å². The van der Waals surface area contributed by atoms with Gasteiger partial charge in [0.05, 0.1) is 0 Å². The average Bonchev–Trinajstić information content (AvgIpc) is 3.20. The zero-order chi connectivity index (χ0) is 33.0. The van der Waals surface area contributed by atoms with Crippen LogP contribution in [0.3, 0.4) is 0 Å². The Kier molecular flexibility index (Phi) is 6.49. The third kappa shape index (κ3) is 4.71. The standard InChI is InChI=1S/C47H29N3/c1-2-12-30(13-3-1)37-28-42-40-20-9-8-18-38(40)39-19-10-11-21-41(39)44(42)43(29-37)47-49-45(35-24-22-31-14-4-6-16-33(31)26-35)48-46(50-47)36-25-23-32-15-5-7-17-34(32)27-36/h1-29H. The average molecular weight is 636 g/mol. The molecule has 10 aromatic rings. The lowest BCUT2D eigenvalue weighted by Crippen LogP contribution is -2.01. The summed E-state index contributed by atoms with van der Waals surface area (Å²) in [6.07, 6.45) is 0. The highest BCUT2D eigenvalue weighted by Gasteiger charge is 2.19. The van der Waals surface area contributed by atoms with Gasteiger partial charge in [-0.2, -0.15) is 0 Å². The molecule has 0 aliphatic rings. The van der Waals surface area contributed by atoms with Gasteiger partial charge >= 0.3 is 0 Å². The molecule has 0 spiro atoms. The third-order valence-electron chi connectivity index (χ3n) is 9.84. The van der Waals surface area contributed by atoms with Crippen molar-refractivity contribution in [2.24, 2.45) is 0 Å². The van der Waals surface area contributed by atoms with Crippen molar-refractivity contribution in [2.45, 2.75) is 0 Å². The minimum Gasteiger partial charge on any atom is -0.208 e. The maximum atomic E-state index is 5.32. The first-order valence-electron chi connectivity index (χ1n) is 16.9. The molecule has 0 saturated heterocycles. The summed E-state index contributed by atoms with van der Waals surface area (Å²) < 4.78 is 0. The molecule has 0 bridgehead atoms. The van der Waals surface area contributed by atoms with Crippen molar-refractivity contribution in [3.05, 3.63) is 176 Å². The van der Waals surface area contributed by atoms with Crippen molar-refractivity contribution in [2.75, 3.05) is 0 Å². The Hall–Kier alpha value is -6.71. The minimum absolute atomic E-state index is 0.646. The topological polar surface area (TPSA) is 38.7 Å². The first-order chi connectivity index (χ1) is 24.8. The second-order valence-corrected chi connectivity index (χ2v) is 12.8. The van der Waals surface area contributed by atoms with Gasteiger partial charge in [-0.15, -0.1) is 0 Å². The summed E-state index contributed by atoms with van der Waals surface area (Å²) in [5, 5.41) is 11.8. The molecule has 0 N–H and O–H groups in total. The van der Waals surface area contributed by atoms with Crippen LogP contribution < -0.4 is 0 Å². The van der Waals surface area contributed by atoms with E-state index in [1.54, 1.807) is 0 Å². The normalized spacial score (nSPS) is 11.6. The molecule has 232 valence electrons. The van der Waals surface area contributed by atoms with Crippen molar-refractivity contribution < 1.29 is 0 Å². The summed E-state index contributed by atoms with van der Waals surface area (Å²) in [6.45, 7) is 0. The van der Waals surface area contributed by atoms with Crippen molar-refractivity contribution in [1.82, 2.24) is 15.0 Å². The van der Waals surface area contributed by atoms with Crippen LogP contribution in [0.2, 0.25) is 0 Å². The van der Waals surface area contributed by atoms with Crippen molar-refractivity contribution in [3.8, 4) is 45.3 Å². The lowest BCUT2D eigenvalue weighted by atomic mass is 9.88. The van der Waals surface area contributed by atoms with Crippen molar-refractivity contribution >= 4 is 53.9 Å². The van der Waals surface area contributed by atoms with E-state index in [4.69, 9.17) is 15.0 Å². The van der Waals surface area contributed by atoms with E-state index >= 15 is 0 Å². The van der Waals surface area contributed by atoms with Gasteiger partial charge in [0, 0.05) is 22.1 Å². The molecule has 3 nitrogen and oxygen atoms in total. The van der Waals surface area contributed by atoms with Gasteiger partial charge in [0.2, 0.25) is 0 Å². The molecule has 1 heterocycles. The molecule has 0 radical (unpaired) electrons. The first kappa shape index (κ1) is 28.3. The Morgan fingerprint density at radius 1 is 0.260 bits per heavy atom. The van der Waals surface area contributed by atoms with E-state index in [2.05, 4.69) is 176 Å². The molecule has 3 heteroatoms. The van der Waals surface area contributed by atoms with Gasteiger partial charge in [-0.3, -0.25) is 0 Å². The minimum atomic E-state index is 0.646. The summed E-state index contributed by atoms with van der Waals surface area (Å²) >= 11 is 0. The third-order valence-corrected chi connectivity index (χ3v) is 9.84. The highest BCUT2D eigenvalue weighted by atomic mass is 15.0. The van der Waals surface area contributed by atoms with Gasteiger partial charge in [-0.25, -0.2) is 15.0 Å². The maximum Gasteiger partial charge on any atom is 0.164 e. The summed E-state index contributed by atoms with van der Waals surface area (Å²) in [5.74, 6) is 1.94. The van der Waals surface area contributed by atoms with E-state index in [1.807, 2.05) is 0 Å². The fraction of sp³-hybridized carbons (Fsp3) is 0. The molecule has 0 amide bonds. The Morgan fingerprint density at radius 3 is 1.32 bits per heavy atom. The van der Waals surface area contributed by atoms with Crippen LogP contribution in [0, 0.1) is 0 Å². The van der Waals surface area contributed by atoms with Crippen LogP contribution in [-0.4, -0.2) is 15.0 Å². The van der Waals surface area contributed by atoms with Crippen LogP contribution in [0.5, 0.6) is 0 Å². The molecule has 9 aromatic carbocycles. The summed E-state index contributed by atoms with van der Waals surface area (Å²) in [4.78, 5) is 15.8. The largest absolute Gasteiger partial charge is 0.208 e. The maximum absolute atomic E-state index is 5.32. The predicted molar refractivity (Wildman–Crippen MR) is 209 cm³/mol. The van der Waals surface area contributed by atoms with Gasteiger partial charge in [0.1, 0.15) is 0 Å². The fourth-order valence-corrected chi connectivity index (χ4v) is 7.42. The molecule has 1 aromatic heterocycles. The number of hydrogen-bond donors (Lipinski definition) is 0. The van der Waals surface area contributed by atoms with E-state index in [1.165, 1.54) is 37.7 Å². The summed E-state index contributed by atoms with van der Waals surface area (Å²) in [5.41, 5.74) is 5.15. The number of hydrogen-bond acceptors (Lipinski definition) is 3. The van der Waals surface area contributed by atoms with E-state index in [0.717, 1.165) is 44.0 Å². The second-order valence-electron chi connectivity index (χ2n) is 12.8. The van der Waals surface area contributed by atoms with E-state index in [-0.39, 0.29) is 0 Å². The lowest BCUT2D eigenvalue weighted by Gasteiger charge is -2.17. The van der Waals surface area contributed by atoms with Gasteiger partial charge in [0.25, 0.3) is 0 Å². The Bertz CT molecular complexity index is 2830. The molecule has 0 unspecified atom stereocenters. The highest BCUT2D eigenvalue weighted by molar-refractivity contribution is 6.28. The predicted octanol–water partition coefficient (Wildman–Crippen LogP) is 12.3. The molecule has 0 fully saturated rings. The smallest absolute Gasteiger partial charge is 0.164 e.